The summed E-state index contributed by atoms with van der Waals surface area (Å²) in [5.74, 6) is 1.13. The standard InChI is InChI=1S/C17H24N2O3/c1-4-6-12-9-13(10-15(21-2)16(12)22-3)17(20)19-14-7-5-8-18-11-14/h4,9-10,14,18H,1,5-8,11H2,2-3H3,(H,19,20)/t14-/m0/s1. The Labute approximate surface area is 131 Å². The highest BCUT2D eigenvalue weighted by Gasteiger charge is 2.19. The van der Waals surface area contributed by atoms with Gasteiger partial charge >= 0.3 is 0 Å². The van der Waals surface area contributed by atoms with Crippen molar-refractivity contribution in [2.75, 3.05) is 27.3 Å². The molecule has 1 heterocycles. The van der Waals surface area contributed by atoms with Gasteiger partial charge < -0.3 is 20.1 Å². The van der Waals surface area contributed by atoms with Crippen molar-refractivity contribution in [2.45, 2.75) is 25.3 Å². The summed E-state index contributed by atoms with van der Waals surface area (Å²) in [6.45, 7) is 5.59. The fourth-order valence-electron chi connectivity index (χ4n) is 2.73. The topological polar surface area (TPSA) is 59.6 Å². The molecule has 2 rings (SSSR count). The zero-order valence-electron chi connectivity index (χ0n) is 13.3. The molecular formula is C17H24N2O3. The van der Waals surface area contributed by atoms with Crippen molar-refractivity contribution in [2.24, 2.45) is 0 Å². The first-order valence-corrected chi connectivity index (χ1v) is 7.57. The summed E-state index contributed by atoms with van der Waals surface area (Å²) in [5, 5.41) is 6.36. The van der Waals surface area contributed by atoms with E-state index < -0.39 is 0 Å². The summed E-state index contributed by atoms with van der Waals surface area (Å²) in [5.41, 5.74) is 1.48. The van der Waals surface area contributed by atoms with Gasteiger partial charge in [0, 0.05) is 23.7 Å². The number of nitrogens with one attached hydrogen (secondary N) is 2. The molecule has 1 saturated heterocycles. The highest BCUT2D eigenvalue weighted by Crippen LogP contribution is 2.33. The second-order valence-electron chi connectivity index (χ2n) is 5.38. The lowest BCUT2D eigenvalue weighted by Crippen LogP contribution is -2.45. The quantitative estimate of drug-likeness (QED) is 0.788. The van der Waals surface area contributed by atoms with E-state index in [0.717, 1.165) is 31.5 Å². The number of benzene rings is 1. The summed E-state index contributed by atoms with van der Waals surface area (Å²) in [7, 11) is 3.17. The molecule has 0 saturated carbocycles. The van der Waals surface area contributed by atoms with E-state index in [1.165, 1.54) is 0 Å². The van der Waals surface area contributed by atoms with E-state index in [1.807, 2.05) is 6.07 Å². The van der Waals surface area contributed by atoms with Crippen LogP contribution < -0.4 is 20.1 Å². The number of amides is 1. The number of methoxy groups -OCH3 is 2. The fraction of sp³-hybridized carbons (Fsp3) is 0.471. The van der Waals surface area contributed by atoms with Gasteiger partial charge in [-0.05, 0) is 37.9 Å². The average molecular weight is 304 g/mol. The molecule has 0 aliphatic carbocycles. The molecule has 2 N–H and O–H groups in total. The Morgan fingerprint density at radius 3 is 2.86 bits per heavy atom. The maximum atomic E-state index is 12.5. The van der Waals surface area contributed by atoms with E-state index in [4.69, 9.17) is 9.47 Å². The second-order valence-corrected chi connectivity index (χ2v) is 5.38. The normalized spacial score (nSPS) is 17.6. The summed E-state index contributed by atoms with van der Waals surface area (Å²) in [4.78, 5) is 12.5. The number of carbonyl (C=O) groups is 1. The smallest absolute Gasteiger partial charge is 0.251 e. The van der Waals surface area contributed by atoms with Gasteiger partial charge in [-0.1, -0.05) is 6.08 Å². The predicted molar refractivity (Wildman–Crippen MR) is 86.8 cm³/mol. The van der Waals surface area contributed by atoms with Gasteiger partial charge in [0.25, 0.3) is 5.91 Å². The lowest BCUT2D eigenvalue weighted by atomic mass is 10.0. The van der Waals surface area contributed by atoms with Crippen LogP contribution in [0.2, 0.25) is 0 Å². The lowest BCUT2D eigenvalue weighted by Gasteiger charge is -2.24. The number of ether oxygens (including phenoxy) is 2. The first-order valence-electron chi connectivity index (χ1n) is 7.57. The number of rotatable bonds is 6. The van der Waals surface area contributed by atoms with E-state index in [-0.39, 0.29) is 11.9 Å². The van der Waals surface area contributed by atoms with Gasteiger partial charge in [0.05, 0.1) is 14.2 Å². The third kappa shape index (κ3) is 3.80. The second kappa shape index (κ2) is 7.84. The van der Waals surface area contributed by atoms with Crippen LogP contribution in [0.15, 0.2) is 24.8 Å². The molecule has 1 fully saturated rings. The molecule has 1 aromatic rings. The number of hydrogen-bond donors (Lipinski definition) is 2. The van der Waals surface area contributed by atoms with Gasteiger partial charge in [0.1, 0.15) is 0 Å². The zero-order chi connectivity index (χ0) is 15.9. The van der Waals surface area contributed by atoms with E-state index in [9.17, 15) is 4.79 Å². The van der Waals surface area contributed by atoms with Crippen molar-refractivity contribution in [1.29, 1.82) is 0 Å². The minimum absolute atomic E-state index is 0.0834. The van der Waals surface area contributed by atoms with Crippen LogP contribution in [0.25, 0.3) is 0 Å². The third-order valence-electron chi connectivity index (χ3n) is 3.81. The van der Waals surface area contributed by atoms with E-state index in [1.54, 1.807) is 26.4 Å². The van der Waals surface area contributed by atoms with Gasteiger partial charge in [0.2, 0.25) is 0 Å². The Morgan fingerprint density at radius 2 is 2.27 bits per heavy atom. The first-order chi connectivity index (χ1) is 10.7. The van der Waals surface area contributed by atoms with Crippen LogP contribution in [-0.2, 0) is 6.42 Å². The zero-order valence-corrected chi connectivity index (χ0v) is 13.3. The number of piperidine rings is 1. The Morgan fingerprint density at radius 1 is 1.45 bits per heavy atom. The molecule has 1 aliphatic heterocycles. The minimum atomic E-state index is -0.0834. The maximum absolute atomic E-state index is 12.5. The van der Waals surface area contributed by atoms with Crippen molar-refractivity contribution in [3.05, 3.63) is 35.9 Å². The van der Waals surface area contributed by atoms with Crippen LogP contribution in [0.3, 0.4) is 0 Å². The molecule has 0 aromatic heterocycles. The molecule has 0 bridgehead atoms. The van der Waals surface area contributed by atoms with Gasteiger partial charge in [0.15, 0.2) is 11.5 Å². The SMILES string of the molecule is C=CCc1cc(C(=O)N[C@H]2CCCNC2)cc(OC)c1OC. The summed E-state index contributed by atoms with van der Waals surface area (Å²) in [6, 6.07) is 3.74. The molecule has 22 heavy (non-hydrogen) atoms. The lowest BCUT2D eigenvalue weighted by molar-refractivity contribution is 0.0930. The van der Waals surface area contributed by atoms with Gasteiger partial charge in [-0.15, -0.1) is 6.58 Å². The Kier molecular flexibility index (Phi) is 5.83. The number of carbonyl (C=O) groups excluding carboxylic acids is 1. The minimum Gasteiger partial charge on any atom is -0.493 e. The molecule has 1 atom stereocenters. The Bertz CT molecular complexity index is 537. The molecule has 1 aliphatic rings. The molecule has 0 radical (unpaired) electrons. The highest BCUT2D eigenvalue weighted by molar-refractivity contribution is 5.95. The highest BCUT2D eigenvalue weighted by atomic mass is 16.5. The van der Waals surface area contributed by atoms with E-state index in [0.29, 0.717) is 23.5 Å². The van der Waals surface area contributed by atoms with E-state index >= 15 is 0 Å². The Balaban J connectivity index is 2.23. The summed E-state index contributed by atoms with van der Waals surface area (Å²) >= 11 is 0. The summed E-state index contributed by atoms with van der Waals surface area (Å²) in [6.07, 6.45) is 4.49. The monoisotopic (exact) mass is 304 g/mol. The van der Waals surface area contributed by atoms with Crippen molar-refractivity contribution < 1.29 is 14.3 Å². The maximum Gasteiger partial charge on any atom is 0.251 e. The molecule has 0 unspecified atom stereocenters. The van der Waals surface area contributed by atoms with Crippen LogP contribution in [0.5, 0.6) is 11.5 Å². The van der Waals surface area contributed by atoms with Crippen LogP contribution in [0, 0.1) is 0 Å². The van der Waals surface area contributed by atoms with Gasteiger partial charge in [-0.2, -0.15) is 0 Å². The average Bonchev–Trinajstić information content (AvgIpc) is 2.55. The first kappa shape index (κ1) is 16.4. The molecule has 1 aromatic carbocycles. The number of hydrogen-bond acceptors (Lipinski definition) is 4. The molecule has 120 valence electrons. The van der Waals surface area contributed by atoms with Crippen molar-refractivity contribution in [3.63, 3.8) is 0 Å². The van der Waals surface area contributed by atoms with Crippen molar-refractivity contribution >= 4 is 5.91 Å². The number of allylic oxidation sites excluding steroid dienone is 1. The van der Waals surface area contributed by atoms with Crippen LogP contribution in [-0.4, -0.2) is 39.3 Å². The fourth-order valence-corrected chi connectivity index (χ4v) is 2.73. The third-order valence-corrected chi connectivity index (χ3v) is 3.81. The molecular weight excluding hydrogens is 280 g/mol. The molecule has 1 amide bonds. The van der Waals surface area contributed by atoms with Gasteiger partial charge in [-0.25, -0.2) is 0 Å². The van der Waals surface area contributed by atoms with Crippen molar-refractivity contribution in [3.8, 4) is 11.5 Å². The van der Waals surface area contributed by atoms with Crippen LogP contribution in [0.1, 0.15) is 28.8 Å². The molecule has 0 spiro atoms. The van der Waals surface area contributed by atoms with E-state index in [2.05, 4.69) is 17.2 Å². The predicted octanol–water partition coefficient (Wildman–Crippen LogP) is 1.91. The summed E-state index contributed by atoms with van der Waals surface area (Å²) < 4.78 is 10.7. The molecule has 5 nitrogen and oxygen atoms in total. The van der Waals surface area contributed by atoms with Crippen molar-refractivity contribution in [1.82, 2.24) is 10.6 Å². The van der Waals surface area contributed by atoms with Crippen LogP contribution >= 0.6 is 0 Å². The van der Waals surface area contributed by atoms with Crippen LogP contribution in [0.4, 0.5) is 0 Å². The van der Waals surface area contributed by atoms with Gasteiger partial charge in [-0.3, -0.25) is 4.79 Å². The largest absolute Gasteiger partial charge is 0.493 e. The Hall–Kier alpha value is -2.01. The molecule has 5 heteroatoms.